The van der Waals surface area contributed by atoms with Crippen LogP contribution in [0.15, 0.2) is 45.6 Å². The number of benzene rings is 2. The first-order valence-corrected chi connectivity index (χ1v) is 10.8. The normalized spacial score (nSPS) is 17.8. The Labute approximate surface area is 194 Å². The van der Waals surface area contributed by atoms with Crippen molar-refractivity contribution in [1.29, 1.82) is 0 Å². The minimum Gasteiger partial charge on any atom is -0.507 e. The fourth-order valence-electron chi connectivity index (χ4n) is 4.19. The van der Waals surface area contributed by atoms with Crippen LogP contribution in [0.4, 0.5) is 0 Å². The van der Waals surface area contributed by atoms with Crippen molar-refractivity contribution in [1.82, 2.24) is 5.32 Å². The number of phenols is 1. The molecule has 3 aromatic rings. The van der Waals surface area contributed by atoms with Gasteiger partial charge in [0.1, 0.15) is 34.8 Å². The van der Waals surface area contributed by atoms with Crippen LogP contribution in [-0.4, -0.2) is 36.2 Å². The van der Waals surface area contributed by atoms with Crippen molar-refractivity contribution in [3.05, 3.63) is 57.2 Å². The Morgan fingerprint density at radius 2 is 1.97 bits per heavy atom. The summed E-state index contributed by atoms with van der Waals surface area (Å²) in [5.41, 5.74) is 0.561. The number of carbonyl (C=O) groups excluding carboxylic acids is 2. The molecule has 8 nitrogen and oxygen atoms in total. The Morgan fingerprint density at radius 1 is 1.21 bits per heavy atom. The van der Waals surface area contributed by atoms with Gasteiger partial charge >= 0.3 is 11.9 Å². The van der Waals surface area contributed by atoms with E-state index in [1.807, 2.05) is 0 Å². The molecule has 2 atom stereocenters. The van der Waals surface area contributed by atoms with Gasteiger partial charge in [-0.3, -0.25) is 14.4 Å². The van der Waals surface area contributed by atoms with E-state index in [1.165, 1.54) is 26.0 Å². The molecule has 4 rings (SSSR count). The molecule has 0 radical (unpaired) electrons. The van der Waals surface area contributed by atoms with Gasteiger partial charge in [-0.1, -0.05) is 23.7 Å². The van der Waals surface area contributed by atoms with E-state index in [-0.39, 0.29) is 46.8 Å². The van der Waals surface area contributed by atoms with Gasteiger partial charge in [0.15, 0.2) is 5.43 Å². The molecule has 1 aliphatic heterocycles. The Bertz CT molecular complexity index is 1300. The molecule has 2 N–H and O–H groups in total. The molecule has 0 spiro atoms. The van der Waals surface area contributed by atoms with Gasteiger partial charge in [0.05, 0.1) is 5.02 Å². The zero-order valence-corrected chi connectivity index (χ0v) is 18.8. The van der Waals surface area contributed by atoms with Crippen molar-refractivity contribution in [2.24, 2.45) is 0 Å². The summed E-state index contributed by atoms with van der Waals surface area (Å²) in [7, 11) is 0. The van der Waals surface area contributed by atoms with Gasteiger partial charge in [-0.05, 0) is 25.1 Å². The second-order valence-corrected chi connectivity index (χ2v) is 8.23. The predicted molar refractivity (Wildman–Crippen MR) is 122 cm³/mol. The SMILES string of the molecule is CC(=O)OC[C@H]1NCC[C@@H]1c1c(OC(C)=O)cc(O)c2c(=O)cc(-c3ccccc3Cl)oc12. The lowest BCUT2D eigenvalue weighted by molar-refractivity contribution is -0.141. The van der Waals surface area contributed by atoms with Gasteiger partial charge in [0.25, 0.3) is 0 Å². The van der Waals surface area contributed by atoms with Gasteiger partial charge < -0.3 is 24.3 Å². The van der Waals surface area contributed by atoms with Crippen molar-refractivity contribution >= 4 is 34.5 Å². The molecule has 2 heterocycles. The predicted octanol–water partition coefficient (Wildman–Crippen LogP) is 3.75. The van der Waals surface area contributed by atoms with E-state index in [9.17, 15) is 19.5 Å². The van der Waals surface area contributed by atoms with Crippen molar-refractivity contribution in [3.63, 3.8) is 0 Å². The number of fused-ring (bicyclic) bond motifs is 1. The topological polar surface area (TPSA) is 115 Å². The lowest BCUT2D eigenvalue weighted by atomic mass is 9.89. The summed E-state index contributed by atoms with van der Waals surface area (Å²) in [6.45, 7) is 3.24. The highest BCUT2D eigenvalue weighted by atomic mass is 35.5. The quantitative estimate of drug-likeness (QED) is 0.427. The summed E-state index contributed by atoms with van der Waals surface area (Å²) in [4.78, 5) is 36.2. The van der Waals surface area contributed by atoms with Crippen LogP contribution < -0.4 is 15.5 Å². The van der Waals surface area contributed by atoms with Crippen molar-refractivity contribution < 1.29 is 28.6 Å². The van der Waals surface area contributed by atoms with Crippen LogP contribution in [0.1, 0.15) is 31.7 Å². The highest BCUT2D eigenvalue weighted by molar-refractivity contribution is 6.33. The van der Waals surface area contributed by atoms with E-state index in [0.29, 0.717) is 29.1 Å². The molecule has 1 saturated heterocycles. The molecule has 2 aromatic carbocycles. The number of carbonyl (C=O) groups is 2. The van der Waals surface area contributed by atoms with E-state index in [1.54, 1.807) is 24.3 Å². The summed E-state index contributed by atoms with van der Waals surface area (Å²) in [5, 5.41) is 14.2. The molecule has 33 heavy (non-hydrogen) atoms. The third-order valence-corrected chi connectivity index (χ3v) is 5.89. The smallest absolute Gasteiger partial charge is 0.308 e. The molecular formula is C24H22ClNO7. The Balaban J connectivity index is 1.98. The molecule has 0 saturated carbocycles. The first-order chi connectivity index (χ1) is 15.8. The molecule has 172 valence electrons. The van der Waals surface area contributed by atoms with Crippen molar-refractivity contribution in [2.45, 2.75) is 32.2 Å². The fourth-order valence-corrected chi connectivity index (χ4v) is 4.42. The second-order valence-electron chi connectivity index (χ2n) is 7.82. The van der Waals surface area contributed by atoms with Gasteiger partial charge in [0.2, 0.25) is 0 Å². The number of hydrogen-bond acceptors (Lipinski definition) is 8. The number of esters is 2. The summed E-state index contributed by atoms with van der Waals surface area (Å²) >= 11 is 6.32. The van der Waals surface area contributed by atoms with E-state index in [0.717, 1.165) is 0 Å². The van der Waals surface area contributed by atoms with Crippen LogP contribution >= 0.6 is 11.6 Å². The third-order valence-electron chi connectivity index (χ3n) is 5.56. The van der Waals surface area contributed by atoms with Gasteiger partial charge in [-0.15, -0.1) is 0 Å². The van der Waals surface area contributed by atoms with Crippen molar-refractivity contribution in [3.8, 4) is 22.8 Å². The number of rotatable bonds is 5. The van der Waals surface area contributed by atoms with E-state index in [2.05, 4.69) is 5.32 Å². The Kier molecular flexibility index (Phi) is 6.40. The maximum atomic E-state index is 13.0. The Morgan fingerprint density at radius 3 is 2.67 bits per heavy atom. The minimum absolute atomic E-state index is 0.0326. The third kappa shape index (κ3) is 4.58. The average molecular weight is 472 g/mol. The number of ether oxygens (including phenoxy) is 2. The molecule has 1 fully saturated rings. The summed E-state index contributed by atoms with van der Waals surface area (Å²) in [5.74, 6) is -1.43. The van der Waals surface area contributed by atoms with Gasteiger partial charge in [0, 0.05) is 49.1 Å². The lowest BCUT2D eigenvalue weighted by Gasteiger charge is -2.23. The molecular weight excluding hydrogens is 450 g/mol. The molecule has 9 heteroatoms. The lowest BCUT2D eigenvalue weighted by Crippen LogP contribution is -2.32. The van der Waals surface area contributed by atoms with Gasteiger partial charge in [-0.25, -0.2) is 0 Å². The summed E-state index contributed by atoms with van der Waals surface area (Å²) in [6, 6.07) is 9.09. The van der Waals surface area contributed by atoms with Crippen LogP contribution in [0.5, 0.6) is 11.5 Å². The number of halogens is 1. The van der Waals surface area contributed by atoms with Crippen LogP contribution in [0.3, 0.4) is 0 Å². The molecule has 1 aliphatic rings. The maximum absolute atomic E-state index is 13.0. The number of aromatic hydroxyl groups is 1. The first-order valence-electron chi connectivity index (χ1n) is 10.4. The van der Waals surface area contributed by atoms with E-state index < -0.39 is 17.4 Å². The van der Waals surface area contributed by atoms with Crippen LogP contribution in [0.2, 0.25) is 5.02 Å². The zero-order valence-electron chi connectivity index (χ0n) is 18.0. The molecule has 0 amide bonds. The second kappa shape index (κ2) is 9.25. The zero-order chi connectivity index (χ0) is 23.7. The first kappa shape index (κ1) is 22.8. The minimum atomic E-state index is -0.595. The Hall–Kier alpha value is -3.36. The highest BCUT2D eigenvalue weighted by Crippen LogP contribution is 2.43. The fraction of sp³-hybridized carbons (Fsp3) is 0.292. The molecule has 1 aromatic heterocycles. The number of nitrogens with one attached hydrogen (secondary N) is 1. The van der Waals surface area contributed by atoms with Crippen LogP contribution in [0.25, 0.3) is 22.3 Å². The standard InChI is InChI=1S/C24H22ClNO7/c1-12(27)31-11-17-15(7-8-26-17)22-21(32-13(2)28)10-19(30)23-18(29)9-20(33-24(22)23)14-5-3-4-6-16(14)25/h3-6,9-10,15,17,26,30H,7-8,11H2,1-2H3/t15-,17+/m0/s1. The average Bonchev–Trinajstić information content (AvgIpc) is 3.19. The largest absolute Gasteiger partial charge is 0.507 e. The number of phenolic OH excluding ortho intramolecular Hbond substituents is 1. The highest BCUT2D eigenvalue weighted by Gasteiger charge is 2.35. The van der Waals surface area contributed by atoms with E-state index >= 15 is 0 Å². The van der Waals surface area contributed by atoms with E-state index in [4.69, 9.17) is 25.5 Å². The van der Waals surface area contributed by atoms with Gasteiger partial charge in [-0.2, -0.15) is 0 Å². The van der Waals surface area contributed by atoms with Crippen LogP contribution in [-0.2, 0) is 14.3 Å². The maximum Gasteiger partial charge on any atom is 0.308 e. The van der Waals surface area contributed by atoms with Crippen LogP contribution in [0, 0.1) is 0 Å². The molecule has 0 bridgehead atoms. The van der Waals surface area contributed by atoms with Crippen molar-refractivity contribution in [2.75, 3.05) is 13.2 Å². The summed E-state index contributed by atoms with van der Waals surface area (Å²) < 4.78 is 16.8. The summed E-state index contributed by atoms with van der Waals surface area (Å²) in [6.07, 6.45) is 0.597. The molecule has 0 aliphatic carbocycles. The molecule has 0 unspecified atom stereocenters. The number of hydrogen-bond donors (Lipinski definition) is 2. The monoisotopic (exact) mass is 471 g/mol.